The molecule has 0 saturated heterocycles. The van der Waals surface area contributed by atoms with Crippen LogP contribution in [0.2, 0.25) is 0 Å². The number of hydrogen-bond donors (Lipinski definition) is 1. The summed E-state index contributed by atoms with van der Waals surface area (Å²) >= 11 is 0. The molecule has 1 aromatic heterocycles. The number of aromatic nitrogens is 2. The molecule has 0 fully saturated rings. The molecule has 1 atom stereocenters. The molecule has 1 aromatic rings. The Balaban J connectivity index is 2.74. The molecule has 3 nitrogen and oxygen atoms in total. The molecule has 102 valence electrons. The average Bonchev–Trinajstić information content (AvgIpc) is 2.24. The fourth-order valence-corrected chi connectivity index (χ4v) is 1.58. The largest absolute Gasteiger partial charge is 0.389 e. The van der Waals surface area contributed by atoms with Gasteiger partial charge in [-0.2, -0.15) is 13.2 Å². The van der Waals surface area contributed by atoms with Gasteiger partial charge in [0.15, 0.2) is 0 Å². The van der Waals surface area contributed by atoms with Crippen molar-refractivity contribution in [3.05, 3.63) is 23.3 Å². The van der Waals surface area contributed by atoms with E-state index in [1.165, 1.54) is 0 Å². The van der Waals surface area contributed by atoms with Crippen LogP contribution in [0.25, 0.3) is 0 Å². The number of nitrogens with zero attached hydrogens (tertiary/aromatic N) is 2. The Morgan fingerprint density at radius 1 is 1.33 bits per heavy atom. The highest BCUT2D eigenvalue weighted by atomic mass is 19.4. The van der Waals surface area contributed by atoms with Gasteiger partial charge in [-0.05, 0) is 19.4 Å². The van der Waals surface area contributed by atoms with Crippen LogP contribution < -0.4 is 5.73 Å². The molecule has 2 N–H and O–H groups in total. The van der Waals surface area contributed by atoms with E-state index in [2.05, 4.69) is 9.97 Å². The van der Waals surface area contributed by atoms with Gasteiger partial charge in [-0.1, -0.05) is 6.92 Å². The summed E-state index contributed by atoms with van der Waals surface area (Å²) in [6, 6.07) is 1.75. The van der Waals surface area contributed by atoms with Crippen molar-refractivity contribution in [2.24, 2.45) is 5.73 Å². The number of aryl methyl sites for hydroxylation is 2. The van der Waals surface area contributed by atoms with Crippen molar-refractivity contribution >= 4 is 0 Å². The normalized spacial score (nSPS) is 13.7. The second-order valence-electron chi connectivity index (χ2n) is 4.40. The van der Waals surface area contributed by atoms with Crippen molar-refractivity contribution in [3.63, 3.8) is 0 Å². The van der Waals surface area contributed by atoms with E-state index in [4.69, 9.17) is 5.73 Å². The average molecular weight is 261 g/mol. The first-order valence-electron chi connectivity index (χ1n) is 5.96. The van der Waals surface area contributed by atoms with E-state index in [0.717, 1.165) is 6.42 Å². The van der Waals surface area contributed by atoms with E-state index >= 15 is 0 Å². The maximum absolute atomic E-state index is 12.1. The van der Waals surface area contributed by atoms with E-state index in [1.54, 1.807) is 13.0 Å². The van der Waals surface area contributed by atoms with Crippen LogP contribution >= 0.6 is 0 Å². The lowest BCUT2D eigenvalue weighted by Crippen LogP contribution is -2.22. The summed E-state index contributed by atoms with van der Waals surface area (Å²) in [5.74, 6) is 0.241. The van der Waals surface area contributed by atoms with Crippen molar-refractivity contribution in [3.8, 4) is 0 Å². The predicted molar refractivity (Wildman–Crippen MR) is 63.1 cm³/mol. The molecule has 0 amide bonds. The Morgan fingerprint density at radius 3 is 2.56 bits per heavy atom. The third-order valence-electron chi connectivity index (χ3n) is 2.58. The minimum Gasteiger partial charge on any atom is -0.327 e. The summed E-state index contributed by atoms with van der Waals surface area (Å²) in [6.45, 7) is 3.71. The molecule has 0 bridgehead atoms. The van der Waals surface area contributed by atoms with Crippen LogP contribution in [-0.4, -0.2) is 22.2 Å². The first-order chi connectivity index (χ1) is 8.30. The van der Waals surface area contributed by atoms with E-state index in [1.807, 2.05) is 6.92 Å². The Morgan fingerprint density at radius 2 is 2.00 bits per heavy atom. The van der Waals surface area contributed by atoms with Crippen molar-refractivity contribution < 1.29 is 13.2 Å². The maximum atomic E-state index is 12.1. The fourth-order valence-electron chi connectivity index (χ4n) is 1.58. The number of nitrogens with two attached hydrogens (primary N) is 1. The molecule has 1 heterocycles. The molecule has 1 unspecified atom stereocenters. The van der Waals surface area contributed by atoms with Crippen LogP contribution in [0.3, 0.4) is 0 Å². The first kappa shape index (κ1) is 14.9. The highest BCUT2D eigenvalue weighted by Gasteiger charge is 2.27. The van der Waals surface area contributed by atoms with Crippen molar-refractivity contribution in [2.75, 3.05) is 0 Å². The molecule has 0 saturated carbocycles. The molecule has 0 spiro atoms. The Kier molecular flexibility index (Phi) is 5.07. The van der Waals surface area contributed by atoms with Gasteiger partial charge in [0.2, 0.25) is 0 Å². The molecular formula is C12H18F3N3. The zero-order valence-corrected chi connectivity index (χ0v) is 10.6. The topological polar surface area (TPSA) is 51.8 Å². The second-order valence-corrected chi connectivity index (χ2v) is 4.40. The van der Waals surface area contributed by atoms with Crippen LogP contribution in [-0.2, 0) is 12.8 Å². The molecule has 0 aliphatic heterocycles. The molecular weight excluding hydrogens is 243 g/mol. The van der Waals surface area contributed by atoms with Gasteiger partial charge in [-0.25, -0.2) is 9.97 Å². The van der Waals surface area contributed by atoms with Gasteiger partial charge in [-0.15, -0.1) is 0 Å². The summed E-state index contributed by atoms with van der Waals surface area (Å²) in [5.41, 5.74) is 7.21. The first-order valence-corrected chi connectivity index (χ1v) is 5.96. The third kappa shape index (κ3) is 5.44. The number of alkyl halides is 3. The molecule has 0 aliphatic carbocycles. The number of hydrogen-bond acceptors (Lipinski definition) is 3. The van der Waals surface area contributed by atoms with E-state index in [-0.39, 0.29) is 18.3 Å². The quantitative estimate of drug-likeness (QED) is 0.886. The number of rotatable bonds is 5. The van der Waals surface area contributed by atoms with E-state index in [9.17, 15) is 13.2 Å². The fraction of sp³-hybridized carbons (Fsp3) is 0.667. The van der Waals surface area contributed by atoms with Crippen molar-refractivity contribution in [1.82, 2.24) is 9.97 Å². The van der Waals surface area contributed by atoms with Crippen LogP contribution in [0.1, 0.15) is 37.0 Å². The van der Waals surface area contributed by atoms with Crippen molar-refractivity contribution in [1.29, 1.82) is 0 Å². The van der Waals surface area contributed by atoms with Crippen LogP contribution in [0, 0.1) is 6.92 Å². The van der Waals surface area contributed by atoms with Gasteiger partial charge < -0.3 is 5.73 Å². The Hall–Kier alpha value is -1.17. The molecule has 0 aromatic carbocycles. The molecule has 0 radical (unpaired) electrons. The zero-order valence-electron chi connectivity index (χ0n) is 10.6. The monoisotopic (exact) mass is 261 g/mol. The van der Waals surface area contributed by atoms with Crippen LogP contribution in [0.4, 0.5) is 13.2 Å². The Bertz CT molecular complexity index is 391. The minimum atomic E-state index is -4.17. The molecule has 18 heavy (non-hydrogen) atoms. The lowest BCUT2D eigenvalue weighted by molar-refractivity contribution is -0.134. The molecule has 0 aliphatic rings. The predicted octanol–water partition coefficient (Wildman–Crippen LogP) is 2.56. The van der Waals surface area contributed by atoms with E-state index in [0.29, 0.717) is 17.8 Å². The lowest BCUT2D eigenvalue weighted by Gasteiger charge is -2.10. The summed E-state index contributed by atoms with van der Waals surface area (Å²) in [7, 11) is 0. The summed E-state index contributed by atoms with van der Waals surface area (Å²) in [4.78, 5) is 8.15. The minimum absolute atomic E-state index is 0.0187. The molecule has 1 rings (SSSR count). The van der Waals surface area contributed by atoms with E-state index < -0.39 is 12.6 Å². The van der Waals surface area contributed by atoms with Crippen molar-refractivity contribution in [2.45, 2.75) is 51.7 Å². The lowest BCUT2D eigenvalue weighted by atomic mass is 10.1. The zero-order chi connectivity index (χ0) is 13.8. The third-order valence-corrected chi connectivity index (χ3v) is 2.58. The van der Waals surface area contributed by atoms with Gasteiger partial charge in [0, 0.05) is 30.3 Å². The van der Waals surface area contributed by atoms with Gasteiger partial charge in [0.1, 0.15) is 5.82 Å². The standard InChI is InChI=1S/C12H18F3N3/c1-3-9(16)7-10-6-8(2)17-11(18-10)4-5-12(13,14)15/h6,9H,3-5,7,16H2,1-2H3. The Labute approximate surface area is 105 Å². The molecule has 6 heteroatoms. The maximum Gasteiger partial charge on any atom is 0.389 e. The second kappa shape index (κ2) is 6.13. The number of halogens is 3. The SMILES string of the molecule is CCC(N)Cc1cc(C)nc(CCC(F)(F)F)n1. The van der Waals surface area contributed by atoms with Gasteiger partial charge in [-0.3, -0.25) is 0 Å². The van der Waals surface area contributed by atoms with Gasteiger partial charge in [0.05, 0.1) is 6.42 Å². The highest BCUT2D eigenvalue weighted by molar-refractivity contribution is 5.11. The summed E-state index contributed by atoms with van der Waals surface area (Å²) < 4.78 is 36.4. The van der Waals surface area contributed by atoms with Gasteiger partial charge >= 0.3 is 6.18 Å². The van der Waals surface area contributed by atoms with Gasteiger partial charge in [0.25, 0.3) is 0 Å². The van der Waals surface area contributed by atoms with Crippen LogP contribution in [0.15, 0.2) is 6.07 Å². The summed E-state index contributed by atoms with van der Waals surface area (Å²) in [6.07, 6.45) is -3.87. The van der Waals surface area contributed by atoms with Crippen LogP contribution in [0.5, 0.6) is 0 Å². The highest BCUT2D eigenvalue weighted by Crippen LogP contribution is 2.21. The summed E-state index contributed by atoms with van der Waals surface area (Å²) in [5, 5.41) is 0. The smallest absolute Gasteiger partial charge is 0.327 e.